The molecule has 1 aliphatic rings. The molecule has 0 atom stereocenters. The maximum absolute atomic E-state index is 12.5. The fourth-order valence-electron chi connectivity index (χ4n) is 2.40. The maximum Gasteiger partial charge on any atom is 0.293 e. The smallest absolute Gasteiger partial charge is 0.268 e. The van der Waals surface area contributed by atoms with Crippen molar-refractivity contribution in [2.45, 2.75) is 20.4 Å². The van der Waals surface area contributed by atoms with E-state index in [-0.39, 0.29) is 11.1 Å². The van der Waals surface area contributed by atoms with Gasteiger partial charge in [-0.2, -0.15) is 0 Å². The van der Waals surface area contributed by atoms with Crippen LogP contribution in [0.15, 0.2) is 53.4 Å². The molecule has 0 spiro atoms. The third kappa shape index (κ3) is 3.37. The topological polar surface area (TPSA) is 37.4 Å². The van der Waals surface area contributed by atoms with Crippen LogP contribution in [0.2, 0.25) is 0 Å². The summed E-state index contributed by atoms with van der Waals surface area (Å²) in [5.41, 5.74) is 4.16. The summed E-state index contributed by atoms with van der Waals surface area (Å²) in [6.07, 6.45) is 1.80. The summed E-state index contributed by atoms with van der Waals surface area (Å²) in [7, 11) is 0. The van der Waals surface area contributed by atoms with Gasteiger partial charge in [-0.25, -0.2) is 0 Å². The summed E-state index contributed by atoms with van der Waals surface area (Å²) >= 11 is 1.01. The molecule has 3 rings (SSSR count). The van der Waals surface area contributed by atoms with Crippen molar-refractivity contribution in [3.05, 3.63) is 75.7 Å². The van der Waals surface area contributed by atoms with E-state index in [2.05, 4.69) is 0 Å². The molecule has 3 nitrogen and oxygen atoms in total. The SMILES string of the molecule is Cc1ccc(CN2C(=O)S/C(=C/c3ccccc3C)C2=O)cc1. The zero-order valence-electron chi connectivity index (χ0n) is 13.1. The van der Waals surface area contributed by atoms with E-state index >= 15 is 0 Å². The van der Waals surface area contributed by atoms with E-state index in [0.717, 1.165) is 34.0 Å². The molecule has 0 saturated carbocycles. The van der Waals surface area contributed by atoms with Crippen molar-refractivity contribution in [2.75, 3.05) is 0 Å². The number of rotatable bonds is 3. The average Bonchev–Trinajstić information content (AvgIpc) is 2.79. The monoisotopic (exact) mass is 323 g/mol. The molecule has 0 N–H and O–H groups in total. The Hall–Kier alpha value is -2.33. The highest BCUT2D eigenvalue weighted by Gasteiger charge is 2.34. The van der Waals surface area contributed by atoms with Gasteiger partial charge in [0.1, 0.15) is 0 Å². The lowest BCUT2D eigenvalue weighted by Crippen LogP contribution is -2.27. The minimum Gasteiger partial charge on any atom is -0.268 e. The number of thioether (sulfide) groups is 1. The minimum atomic E-state index is -0.219. The molecule has 116 valence electrons. The molecule has 1 aliphatic heterocycles. The fourth-order valence-corrected chi connectivity index (χ4v) is 3.23. The summed E-state index contributed by atoms with van der Waals surface area (Å²) in [5, 5.41) is -0.213. The Morgan fingerprint density at radius 3 is 2.39 bits per heavy atom. The molecular weight excluding hydrogens is 306 g/mol. The summed E-state index contributed by atoms with van der Waals surface area (Å²) in [5.74, 6) is -0.219. The van der Waals surface area contributed by atoms with E-state index in [1.165, 1.54) is 4.90 Å². The molecule has 0 radical (unpaired) electrons. The van der Waals surface area contributed by atoms with Gasteiger partial charge < -0.3 is 0 Å². The largest absolute Gasteiger partial charge is 0.293 e. The van der Waals surface area contributed by atoms with Crippen LogP contribution < -0.4 is 0 Å². The van der Waals surface area contributed by atoms with E-state index in [0.29, 0.717) is 11.4 Å². The minimum absolute atomic E-state index is 0.213. The molecule has 2 aromatic carbocycles. The summed E-state index contributed by atoms with van der Waals surface area (Å²) < 4.78 is 0. The van der Waals surface area contributed by atoms with Crippen molar-refractivity contribution in [1.29, 1.82) is 0 Å². The number of carbonyl (C=O) groups is 2. The van der Waals surface area contributed by atoms with Crippen molar-refractivity contribution in [2.24, 2.45) is 0 Å². The number of nitrogens with zero attached hydrogens (tertiary/aromatic N) is 1. The van der Waals surface area contributed by atoms with Gasteiger partial charge in [0.05, 0.1) is 11.4 Å². The molecule has 4 heteroatoms. The van der Waals surface area contributed by atoms with Crippen molar-refractivity contribution in [1.82, 2.24) is 4.90 Å². The Morgan fingerprint density at radius 2 is 1.70 bits per heavy atom. The number of imide groups is 1. The molecule has 1 heterocycles. The third-order valence-electron chi connectivity index (χ3n) is 3.81. The lowest BCUT2D eigenvalue weighted by atomic mass is 10.1. The van der Waals surface area contributed by atoms with Gasteiger partial charge in [-0.05, 0) is 48.4 Å². The van der Waals surface area contributed by atoms with Crippen LogP contribution in [0.4, 0.5) is 4.79 Å². The first-order chi connectivity index (χ1) is 11.0. The molecule has 23 heavy (non-hydrogen) atoms. The van der Waals surface area contributed by atoms with Gasteiger partial charge in [-0.1, -0.05) is 54.1 Å². The van der Waals surface area contributed by atoms with Crippen LogP contribution in [0.1, 0.15) is 22.3 Å². The molecule has 0 aromatic heterocycles. The highest BCUT2D eigenvalue weighted by atomic mass is 32.2. The predicted octanol–water partition coefficient (Wildman–Crippen LogP) is 4.54. The summed E-state index contributed by atoms with van der Waals surface area (Å²) in [6, 6.07) is 15.7. The number of benzene rings is 2. The van der Waals surface area contributed by atoms with Gasteiger partial charge >= 0.3 is 0 Å². The number of amides is 2. The van der Waals surface area contributed by atoms with Gasteiger partial charge in [0.15, 0.2) is 0 Å². The Balaban J connectivity index is 1.82. The highest BCUT2D eigenvalue weighted by molar-refractivity contribution is 8.18. The van der Waals surface area contributed by atoms with Gasteiger partial charge in [0, 0.05) is 0 Å². The molecule has 1 fully saturated rings. The lowest BCUT2D eigenvalue weighted by molar-refractivity contribution is -0.123. The standard InChI is InChI=1S/C19H17NO2S/c1-13-7-9-15(10-8-13)12-20-18(21)17(23-19(20)22)11-16-6-4-3-5-14(16)2/h3-11H,12H2,1-2H3/b17-11+. The molecule has 0 unspecified atom stereocenters. The van der Waals surface area contributed by atoms with Crippen LogP contribution in [0.5, 0.6) is 0 Å². The average molecular weight is 323 g/mol. The maximum atomic E-state index is 12.5. The van der Waals surface area contributed by atoms with Crippen LogP contribution in [-0.4, -0.2) is 16.0 Å². The van der Waals surface area contributed by atoms with E-state index in [1.807, 2.05) is 62.4 Å². The molecule has 0 aliphatic carbocycles. The zero-order chi connectivity index (χ0) is 16.4. The van der Waals surface area contributed by atoms with Crippen molar-refractivity contribution < 1.29 is 9.59 Å². The molecule has 0 bridgehead atoms. The zero-order valence-corrected chi connectivity index (χ0v) is 13.9. The van der Waals surface area contributed by atoms with Gasteiger partial charge in [-0.15, -0.1) is 0 Å². The molecular formula is C19H17NO2S. The van der Waals surface area contributed by atoms with Crippen LogP contribution in [0.25, 0.3) is 6.08 Å². The van der Waals surface area contributed by atoms with Gasteiger partial charge in [-0.3, -0.25) is 14.5 Å². The Kier molecular flexibility index (Phi) is 4.35. The number of hydrogen-bond acceptors (Lipinski definition) is 3. The normalized spacial score (nSPS) is 16.4. The second kappa shape index (κ2) is 6.42. The van der Waals surface area contributed by atoms with Crippen molar-refractivity contribution >= 4 is 29.0 Å². The van der Waals surface area contributed by atoms with Gasteiger partial charge in [0.25, 0.3) is 11.1 Å². The number of aryl methyl sites for hydroxylation is 2. The van der Waals surface area contributed by atoms with E-state index in [4.69, 9.17) is 0 Å². The predicted molar refractivity (Wildman–Crippen MR) is 93.9 cm³/mol. The second-order valence-corrected chi connectivity index (χ2v) is 6.60. The molecule has 1 saturated heterocycles. The highest BCUT2D eigenvalue weighted by Crippen LogP contribution is 2.33. The Morgan fingerprint density at radius 1 is 1.00 bits per heavy atom. The number of carbonyl (C=O) groups excluding carboxylic acids is 2. The van der Waals surface area contributed by atoms with E-state index in [9.17, 15) is 9.59 Å². The van der Waals surface area contributed by atoms with Crippen LogP contribution in [0, 0.1) is 13.8 Å². The fraction of sp³-hybridized carbons (Fsp3) is 0.158. The first kappa shape index (κ1) is 15.6. The summed E-state index contributed by atoms with van der Waals surface area (Å²) in [4.78, 5) is 26.5. The van der Waals surface area contributed by atoms with E-state index < -0.39 is 0 Å². The Bertz CT molecular complexity index is 793. The van der Waals surface area contributed by atoms with Crippen LogP contribution in [0.3, 0.4) is 0 Å². The lowest BCUT2D eigenvalue weighted by Gasteiger charge is -2.12. The van der Waals surface area contributed by atoms with Crippen molar-refractivity contribution in [3.63, 3.8) is 0 Å². The van der Waals surface area contributed by atoms with Crippen LogP contribution in [-0.2, 0) is 11.3 Å². The van der Waals surface area contributed by atoms with Crippen LogP contribution >= 0.6 is 11.8 Å². The molecule has 2 amide bonds. The van der Waals surface area contributed by atoms with E-state index in [1.54, 1.807) is 6.08 Å². The van der Waals surface area contributed by atoms with Crippen molar-refractivity contribution in [3.8, 4) is 0 Å². The molecule has 2 aromatic rings. The Labute approximate surface area is 140 Å². The number of hydrogen-bond donors (Lipinski definition) is 0. The first-order valence-corrected chi connectivity index (χ1v) is 8.23. The second-order valence-electron chi connectivity index (χ2n) is 5.61. The quantitative estimate of drug-likeness (QED) is 0.778. The summed E-state index contributed by atoms with van der Waals surface area (Å²) in [6.45, 7) is 4.31. The van der Waals surface area contributed by atoms with Gasteiger partial charge in [0.2, 0.25) is 0 Å². The first-order valence-electron chi connectivity index (χ1n) is 7.41. The third-order valence-corrected chi connectivity index (χ3v) is 4.72.